The van der Waals surface area contributed by atoms with Gasteiger partial charge in [-0.3, -0.25) is 4.99 Å². The molecule has 0 saturated heterocycles. The molecule has 1 aliphatic carbocycles. The van der Waals surface area contributed by atoms with Crippen molar-refractivity contribution in [1.29, 1.82) is 0 Å². The van der Waals surface area contributed by atoms with Gasteiger partial charge in [0.2, 0.25) is 0 Å². The molecule has 0 bridgehead atoms. The van der Waals surface area contributed by atoms with Crippen LogP contribution in [-0.4, -0.2) is 43.7 Å². The molecule has 1 fully saturated rings. The molecule has 1 rings (SSSR count). The summed E-state index contributed by atoms with van der Waals surface area (Å²) in [6.07, 6.45) is 10.2. The molecule has 1 N–H and O–H groups in total. The zero-order valence-electron chi connectivity index (χ0n) is 14.1. The number of ether oxygens (including phenoxy) is 1. The van der Waals surface area contributed by atoms with Gasteiger partial charge >= 0.3 is 0 Å². The first-order valence-corrected chi connectivity index (χ1v) is 8.95. The van der Waals surface area contributed by atoms with Gasteiger partial charge in [-0.2, -0.15) is 0 Å². The maximum absolute atomic E-state index is 6.21. The molecule has 0 aromatic heterocycles. The van der Waals surface area contributed by atoms with Gasteiger partial charge in [0.25, 0.3) is 0 Å². The molecule has 0 radical (unpaired) electrons. The van der Waals surface area contributed by atoms with E-state index in [0.717, 1.165) is 29.6 Å². The van der Waals surface area contributed by atoms with E-state index in [9.17, 15) is 0 Å². The summed E-state index contributed by atoms with van der Waals surface area (Å²) in [6.45, 7) is 9.57. The lowest BCUT2D eigenvalue weighted by atomic mass is 9.98. The van der Waals surface area contributed by atoms with Gasteiger partial charge in [-0.05, 0) is 32.8 Å². The van der Waals surface area contributed by atoms with E-state index in [1.165, 1.54) is 19.3 Å². The van der Waals surface area contributed by atoms with E-state index >= 15 is 0 Å². The van der Waals surface area contributed by atoms with Crippen molar-refractivity contribution in [2.45, 2.75) is 58.3 Å². The van der Waals surface area contributed by atoms with E-state index in [4.69, 9.17) is 4.74 Å². The highest BCUT2D eigenvalue weighted by Crippen LogP contribution is 2.24. The molecule has 0 aromatic carbocycles. The average molecular weight is 372 g/mol. The molecule has 0 spiro atoms. The third-order valence-electron chi connectivity index (χ3n) is 3.68. The molecule has 126 valence electrons. The Balaban J connectivity index is 2.56. The Hall–Kier alpha value is -0.810. The van der Waals surface area contributed by atoms with Crippen LogP contribution >= 0.6 is 15.9 Å². The van der Waals surface area contributed by atoms with Crippen molar-refractivity contribution in [2.75, 3.05) is 20.1 Å². The van der Waals surface area contributed by atoms with Crippen molar-refractivity contribution in [2.24, 2.45) is 4.99 Å². The van der Waals surface area contributed by atoms with Crippen molar-refractivity contribution in [3.63, 3.8) is 0 Å². The van der Waals surface area contributed by atoms with Crippen LogP contribution in [0.5, 0.6) is 0 Å². The Bertz CT molecular complexity index is 389. The van der Waals surface area contributed by atoms with Gasteiger partial charge in [0.05, 0.1) is 19.0 Å². The zero-order chi connectivity index (χ0) is 16.4. The van der Waals surface area contributed by atoms with E-state index in [2.05, 4.69) is 39.7 Å². The maximum Gasteiger partial charge on any atom is 0.160 e. The van der Waals surface area contributed by atoms with Crippen LogP contribution in [0.3, 0.4) is 0 Å². The zero-order valence-corrected chi connectivity index (χ0v) is 15.7. The number of hydrogen-bond donors (Lipinski definition) is 1. The molecule has 5 heteroatoms. The number of nitrogens with one attached hydrogen (secondary N) is 1. The van der Waals surface area contributed by atoms with Crippen LogP contribution < -0.4 is 5.32 Å². The molecule has 22 heavy (non-hydrogen) atoms. The lowest BCUT2D eigenvalue weighted by Crippen LogP contribution is -2.35. The SMILES string of the molecule is C=C(C)N[C@H](OC1CCCCC1)/C(Br)=C\C/N=C/N(C)CC. The third kappa shape index (κ3) is 7.99. The van der Waals surface area contributed by atoms with Crippen LogP contribution in [0.1, 0.15) is 46.0 Å². The second-order valence-electron chi connectivity index (χ2n) is 5.84. The van der Waals surface area contributed by atoms with Crippen LogP contribution in [0.2, 0.25) is 0 Å². The van der Waals surface area contributed by atoms with Gasteiger partial charge in [-0.25, -0.2) is 0 Å². The molecule has 0 aliphatic heterocycles. The fourth-order valence-corrected chi connectivity index (χ4v) is 2.67. The second-order valence-corrected chi connectivity index (χ2v) is 6.76. The number of nitrogens with zero attached hydrogens (tertiary/aromatic N) is 2. The summed E-state index contributed by atoms with van der Waals surface area (Å²) < 4.78 is 7.20. The van der Waals surface area contributed by atoms with Crippen molar-refractivity contribution in [3.8, 4) is 0 Å². The second kappa shape index (κ2) is 10.8. The van der Waals surface area contributed by atoms with Gasteiger partial charge in [0.15, 0.2) is 6.23 Å². The minimum atomic E-state index is -0.167. The van der Waals surface area contributed by atoms with Gasteiger partial charge in [-0.15, -0.1) is 0 Å². The lowest BCUT2D eigenvalue weighted by Gasteiger charge is -2.28. The molecular weight excluding hydrogens is 342 g/mol. The molecule has 0 amide bonds. The standard InChI is InChI=1S/C17H30BrN3O/c1-5-21(4)13-19-12-11-16(18)17(20-14(2)3)22-15-9-7-6-8-10-15/h11,13,15,17,20H,2,5-10,12H2,1,3-4H3/b16-11+,19-13+/t17-/m1/s1. The number of halogens is 1. The van der Waals surface area contributed by atoms with Crippen molar-refractivity contribution < 1.29 is 4.74 Å². The highest BCUT2D eigenvalue weighted by molar-refractivity contribution is 9.11. The minimum Gasteiger partial charge on any atom is -0.366 e. The molecule has 1 atom stereocenters. The monoisotopic (exact) mass is 371 g/mol. The summed E-state index contributed by atoms with van der Waals surface area (Å²) in [5.41, 5.74) is 0.903. The lowest BCUT2D eigenvalue weighted by molar-refractivity contribution is -0.0189. The van der Waals surface area contributed by atoms with E-state index in [-0.39, 0.29) is 6.23 Å². The largest absolute Gasteiger partial charge is 0.366 e. The molecule has 0 aromatic rings. The first kappa shape index (κ1) is 19.2. The maximum atomic E-state index is 6.21. The summed E-state index contributed by atoms with van der Waals surface area (Å²) in [4.78, 5) is 6.42. The Morgan fingerprint density at radius 1 is 1.45 bits per heavy atom. The molecule has 0 heterocycles. The Morgan fingerprint density at radius 2 is 2.14 bits per heavy atom. The smallest absolute Gasteiger partial charge is 0.160 e. The van der Waals surface area contributed by atoms with Crippen LogP contribution in [0.25, 0.3) is 0 Å². The highest BCUT2D eigenvalue weighted by atomic mass is 79.9. The van der Waals surface area contributed by atoms with Gasteiger partial charge in [-0.1, -0.05) is 41.8 Å². The summed E-state index contributed by atoms with van der Waals surface area (Å²) in [7, 11) is 2.01. The summed E-state index contributed by atoms with van der Waals surface area (Å²) in [5, 5.41) is 3.29. The fraction of sp³-hybridized carbons (Fsp3) is 0.706. The predicted molar refractivity (Wildman–Crippen MR) is 98.4 cm³/mol. The minimum absolute atomic E-state index is 0.167. The molecular formula is C17H30BrN3O. The number of hydrogen-bond acceptors (Lipinski definition) is 3. The van der Waals surface area contributed by atoms with E-state index in [1.54, 1.807) is 0 Å². The average Bonchev–Trinajstić information content (AvgIpc) is 2.51. The first-order chi connectivity index (χ1) is 10.5. The predicted octanol–water partition coefficient (Wildman–Crippen LogP) is 4.04. The molecule has 4 nitrogen and oxygen atoms in total. The van der Waals surface area contributed by atoms with Crippen LogP contribution in [0.4, 0.5) is 0 Å². The van der Waals surface area contributed by atoms with Crippen molar-refractivity contribution in [3.05, 3.63) is 22.8 Å². The summed E-state index contributed by atoms with van der Waals surface area (Å²) >= 11 is 3.63. The van der Waals surface area contributed by atoms with E-state index in [1.807, 2.05) is 31.3 Å². The van der Waals surface area contributed by atoms with Crippen LogP contribution in [0, 0.1) is 0 Å². The first-order valence-electron chi connectivity index (χ1n) is 8.16. The third-order valence-corrected chi connectivity index (χ3v) is 4.42. The summed E-state index contributed by atoms with van der Waals surface area (Å²) in [6, 6.07) is 0. The Kier molecular flexibility index (Phi) is 9.48. The van der Waals surface area contributed by atoms with Gasteiger partial charge < -0.3 is 15.0 Å². The number of aliphatic imine (C=N–C) groups is 1. The number of rotatable bonds is 9. The summed E-state index contributed by atoms with van der Waals surface area (Å²) in [5.74, 6) is 0. The Morgan fingerprint density at radius 3 is 2.73 bits per heavy atom. The fourth-order valence-electron chi connectivity index (χ4n) is 2.30. The van der Waals surface area contributed by atoms with Crippen molar-refractivity contribution in [1.82, 2.24) is 10.2 Å². The van der Waals surface area contributed by atoms with E-state index < -0.39 is 0 Å². The topological polar surface area (TPSA) is 36.9 Å². The van der Waals surface area contributed by atoms with Crippen LogP contribution in [-0.2, 0) is 4.74 Å². The molecule has 1 aliphatic rings. The van der Waals surface area contributed by atoms with Gasteiger partial charge in [0.1, 0.15) is 0 Å². The highest BCUT2D eigenvalue weighted by Gasteiger charge is 2.20. The van der Waals surface area contributed by atoms with E-state index in [0.29, 0.717) is 12.6 Å². The van der Waals surface area contributed by atoms with Crippen molar-refractivity contribution >= 4 is 22.3 Å². The molecule has 0 unspecified atom stereocenters. The quantitative estimate of drug-likeness (QED) is 0.377. The Labute approximate surface area is 143 Å². The molecule has 1 saturated carbocycles. The van der Waals surface area contributed by atoms with Gasteiger partial charge in [0, 0.05) is 23.8 Å². The number of allylic oxidation sites excluding steroid dienone is 1. The van der Waals surface area contributed by atoms with Crippen LogP contribution in [0.15, 0.2) is 27.8 Å². The normalized spacial score (nSPS) is 18.5.